The molecule has 76 valence electrons. The Morgan fingerprint density at radius 2 is 1.86 bits per heavy atom. The maximum Gasteiger partial charge on any atom is 0.0594 e. The summed E-state index contributed by atoms with van der Waals surface area (Å²) in [6.07, 6.45) is 1.59. The van der Waals surface area contributed by atoms with Crippen LogP contribution in [0.25, 0.3) is 5.57 Å². The van der Waals surface area contributed by atoms with Crippen LogP contribution in [0.1, 0.15) is 32.3 Å². The molecule has 0 aromatic heterocycles. The topological polar surface area (TPSA) is 20.2 Å². The van der Waals surface area contributed by atoms with Gasteiger partial charge in [0.1, 0.15) is 0 Å². The second-order valence-corrected chi connectivity index (χ2v) is 4.28. The summed E-state index contributed by atoms with van der Waals surface area (Å²) in [5, 5.41) is 9.57. The monoisotopic (exact) mass is 190 g/mol. The Morgan fingerprint density at radius 3 is 2.36 bits per heavy atom. The van der Waals surface area contributed by atoms with Gasteiger partial charge in [-0.15, -0.1) is 0 Å². The molecule has 1 aromatic rings. The van der Waals surface area contributed by atoms with Gasteiger partial charge < -0.3 is 5.11 Å². The smallest absolute Gasteiger partial charge is 0.0594 e. The molecule has 0 fully saturated rings. The summed E-state index contributed by atoms with van der Waals surface area (Å²) in [6.45, 7) is 7.67. The predicted octanol–water partition coefficient (Wildman–Crippen LogP) is 3.25. The molecule has 0 heterocycles. The minimum atomic E-state index is -0.599. The highest BCUT2D eigenvalue weighted by molar-refractivity contribution is 5.62. The van der Waals surface area contributed by atoms with Crippen LogP contribution in [0.3, 0.4) is 0 Å². The molecule has 0 saturated heterocycles. The molecule has 1 N–H and O–H groups in total. The van der Waals surface area contributed by atoms with E-state index in [9.17, 15) is 5.11 Å². The lowest BCUT2D eigenvalue weighted by Gasteiger charge is -2.17. The zero-order chi connectivity index (χ0) is 10.6. The van der Waals surface area contributed by atoms with Gasteiger partial charge in [-0.1, -0.05) is 36.9 Å². The van der Waals surface area contributed by atoms with E-state index in [1.807, 2.05) is 44.2 Å². The molecule has 0 atom stereocenters. The summed E-state index contributed by atoms with van der Waals surface area (Å²) in [7, 11) is 0. The molecular formula is C13H18O. The number of benzene rings is 1. The molecule has 0 spiro atoms. The molecular weight excluding hydrogens is 172 g/mol. The predicted molar refractivity (Wildman–Crippen MR) is 61.0 cm³/mol. The van der Waals surface area contributed by atoms with Crippen molar-refractivity contribution >= 4 is 5.57 Å². The van der Waals surface area contributed by atoms with E-state index in [2.05, 4.69) is 6.58 Å². The van der Waals surface area contributed by atoms with E-state index in [1.54, 1.807) is 0 Å². The Kier molecular flexibility index (Phi) is 3.48. The molecule has 1 rings (SSSR count). The molecule has 0 unspecified atom stereocenters. The molecule has 0 aliphatic carbocycles. The van der Waals surface area contributed by atoms with E-state index in [0.29, 0.717) is 0 Å². The summed E-state index contributed by atoms with van der Waals surface area (Å²) in [4.78, 5) is 0. The van der Waals surface area contributed by atoms with Crippen LogP contribution in [-0.4, -0.2) is 10.7 Å². The summed E-state index contributed by atoms with van der Waals surface area (Å²) in [5.74, 6) is 0. The van der Waals surface area contributed by atoms with Crippen molar-refractivity contribution in [2.24, 2.45) is 0 Å². The lowest BCUT2D eigenvalue weighted by Crippen LogP contribution is -2.17. The first-order chi connectivity index (χ1) is 6.49. The van der Waals surface area contributed by atoms with E-state index < -0.39 is 5.60 Å². The first-order valence-corrected chi connectivity index (χ1v) is 4.94. The standard InChI is InChI=1S/C13H18O/c1-11(9-10-13(2,3)14)12-7-5-4-6-8-12/h4-8,14H,1,9-10H2,2-3H3. The SMILES string of the molecule is C=C(CCC(C)(C)O)c1ccccc1. The largest absolute Gasteiger partial charge is 0.390 e. The fourth-order valence-corrected chi connectivity index (χ4v) is 1.27. The first kappa shape index (κ1) is 11.0. The average Bonchev–Trinajstić information content (AvgIpc) is 2.14. The van der Waals surface area contributed by atoms with Crippen LogP contribution >= 0.6 is 0 Å². The van der Waals surface area contributed by atoms with Gasteiger partial charge in [0, 0.05) is 0 Å². The van der Waals surface area contributed by atoms with Gasteiger partial charge in [-0.05, 0) is 37.8 Å². The molecule has 14 heavy (non-hydrogen) atoms. The number of hydrogen-bond acceptors (Lipinski definition) is 1. The average molecular weight is 190 g/mol. The van der Waals surface area contributed by atoms with Crippen molar-refractivity contribution in [3.63, 3.8) is 0 Å². The highest BCUT2D eigenvalue weighted by atomic mass is 16.3. The summed E-state index contributed by atoms with van der Waals surface area (Å²) in [6, 6.07) is 10.1. The highest BCUT2D eigenvalue weighted by Crippen LogP contribution is 2.21. The fraction of sp³-hybridized carbons (Fsp3) is 0.385. The van der Waals surface area contributed by atoms with Crippen molar-refractivity contribution in [1.82, 2.24) is 0 Å². The van der Waals surface area contributed by atoms with Crippen LogP contribution in [0.15, 0.2) is 36.9 Å². The fourth-order valence-electron chi connectivity index (χ4n) is 1.27. The van der Waals surface area contributed by atoms with Crippen LogP contribution in [0.5, 0.6) is 0 Å². The third kappa shape index (κ3) is 3.75. The molecule has 0 radical (unpaired) electrons. The van der Waals surface area contributed by atoms with Gasteiger partial charge in [0.25, 0.3) is 0 Å². The van der Waals surface area contributed by atoms with Crippen molar-refractivity contribution in [2.75, 3.05) is 0 Å². The molecule has 0 amide bonds. The van der Waals surface area contributed by atoms with Gasteiger partial charge in [0.15, 0.2) is 0 Å². The van der Waals surface area contributed by atoms with Gasteiger partial charge in [-0.2, -0.15) is 0 Å². The third-order valence-corrected chi connectivity index (χ3v) is 2.22. The Morgan fingerprint density at radius 1 is 1.29 bits per heavy atom. The van der Waals surface area contributed by atoms with E-state index in [-0.39, 0.29) is 0 Å². The van der Waals surface area contributed by atoms with Crippen molar-refractivity contribution in [3.8, 4) is 0 Å². The molecule has 1 heteroatoms. The van der Waals surface area contributed by atoms with E-state index in [0.717, 1.165) is 24.0 Å². The molecule has 1 nitrogen and oxygen atoms in total. The van der Waals surface area contributed by atoms with Gasteiger partial charge in [0.2, 0.25) is 0 Å². The van der Waals surface area contributed by atoms with Crippen LogP contribution in [-0.2, 0) is 0 Å². The lowest BCUT2D eigenvalue weighted by molar-refractivity contribution is 0.0728. The van der Waals surface area contributed by atoms with Gasteiger partial charge in [-0.3, -0.25) is 0 Å². The lowest BCUT2D eigenvalue weighted by atomic mass is 9.96. The molecule has 0 bridgehead atoms. The van der Waals surface area contributed by atoms with Gasteiger partial charge >= 0.3 is 0 Å². The quantitative estimate of drug-likeness (QED) is 0.772. The summed E-state index contributed by atoms with van der Waals surface area (Å²) < 4.78 is 0. The highest BCUT2D eigenvalue weighted by Gasteiger charge is 2.12. The van der Waals surface area contributed by atoms with E-state index >= 15 is 0 Å². The summed E-state index contributed by atoms with van der Waals surface area (Å²) in [5.41, 5.74) is 1.65. The Hall–Kier alpha value is -1.08. The van der Waals surface area contributed by atoms with Crippen molar-refractivity contribution in [1.29, 1.82) is 0 Å². The zero-order valence-electron chi connectivity index (χ0n) is 8.96. The maximum atomic E-state index is 9.57. The minimum absolute atomic E-state index is 0.599. The number of rotatable bonds is 4. The normalized spacial score (nSPS) is 11.4. The first-order valence-electron chi connectivity index (χ1n) is 4.94. The second kappa shape index (κ2) is 4.43. The molecule has 0 aliphatic heterocycles. The molecule has 1 aromatic carbocycles. The molecule has 0 aliphatic rings. The van der Waals surface area contributed by atoms with Crippen LogP contribution in [0.4, 0.5) is 0 Å². The van der Waals surface area contributed by atoms with Crippen molar-refractivity contribution in [3.05, 3.63) is 42.5 Å². The van der Waals surface area contributed by atoms with Crippen LogP contribution < -0.4 is 0 Å². The van der Waals surface area contributed by atoms with Gasteiger partial charge in [0.05, 0.1) is 5.60 Å². The van der Waals surface area contributed by atoms with Crippen LogP contribution in [0.2, 0.25) is 0 Å². The Balaban J connectivity index is 2.52. The Bertz CT molecular complexity index is 293. The maximum absolute atomic E-state index is 9.57. The number of allylic oxidation sites excluding steroid dienone is 1. The Labute approximate surface area is 86.1 Å². The number of hydrogen-bond donors (Lipinski definition) is 1. The zero-order valence-corrected chi connectivity index (χ0v) is 8.96. The van der Waals surface area contributed by atoms with E-state index in [1.165, 1.54) is 0 Å². The van der Waals surface area contributed by atoms with E-state index in [4.69, 9.17) is 0 Å². The van der Waals surface area contributed by atoms with Crippen molar-refractivity contribution in [2.45, 2.75) is 32.3 Å². The van der Waals surface area contributed by atoms with Crippen molar-refractivity contribution < 1.29 is 5.11 Å². The number of aliphatic hydroxyl groups is 1. The van der Waals surface area contributed by atoms with Gasteiger partial charge in [-0.25, -0.2) is 0 Å². The van der Waals surface area contributed by atoms with Crippen LogP contribution in [0, 0.1) is 0 Å². The summed E-state index contributed by atoms with van der Waals surface area (Å²) >= 11 is 0. The molecule has 0 saturated carbocycles. The minimum Gasteiger partial charge on any atom is -0.390 e. The second-order valence-electron chi connectivity index (χ2n) is 4.28. The third-order valence-electron chi connectivity index (χ3n) is 2.22.